The zero-order chi connectivity index (χ0) is 12.5. The summed E-state index contributed by atoms with van der Waals surface area (Å²) in [6.07, 6.45) is 4.19. The van der Waals surface area contributed by atoms with Gasteiger partial charge in [0.15, 0.2) is 0 Å². The van der Waals surface area contributed by atoms with E-state index in [2.05, 4.69) is 52.3 Å². The van der Waals surface area contributed by atoms with Gasteiger partial charge in [0.1, 0.15) is 0 Å². The molecule has 0 aliphatic heterocycles. The number of hydrogen-bond donors (Lipinski definition) is 1. The van der Waals surface area contributed by atoms with Crippen LogP contribution in [0.1, 0.15) is 24.8 Å². The summed E-state index contributed by atoms with van der Waals surface area (Å²) >= 11 is 3.61. The summed E-state index contributed by atoms with van der Waals surface area (Å²) in [7, 11) is 0. The van der Waals surface area contributed by atoms with Crippen LogP contribution in [0.2, 0.25) is 0 Å². The van der Waals surface area contributed by atoms with Crippen molar-refractivity contribution in [3.05, 3.63) is 46.4 Å². The fourth-order valence-corrected chi connectivity index (χ4v) is 3.52. The summed E-state index contributed by atoms with van der Waals surface area (Å²) in [5.41, 5.74) is 1.36. The third-order valence-electron chi connectivity index (χ3n) is 4.06. The minimum Gasteiger partial charge on any atom is -0.393 e. The largest absolute Gasteiger partial charge is 0.393 e. The van der Waals surface area contributed by atoms with Crippen molar-refractivity contribution in [2.75, 3.05) is 0 Å². The Morgan fingerprint density at radius 3 is 2.56 bits per heavy atom. The number of aliphatic hydroxyl groups excluding tert-OH is 1. The maximum Gasteiger partial charge on any atom is 0.0571 e. The molecule has 2 aromatic carbocycles. The topological polar surface area (TPSA) is 20.2 Å². The van der Waals surface area contributed by atoms with Gasteiger partial charge in [0, 0.05) is 4.47 Å². The fourth-order valence-electron chi connectivity index (χ4n) is 3.04. The Hall–Kier alpha value is -0.860. The maximum atomic E-state index is 9.97. The number of rotatable bonds is 2. The molecular weight excluding hydrogens is 288 g/mol. The quantitative estimate of drug-likeness (QED) is 0.877. The van der Waals surface area contributed by atoms with Gasteiger partial charge in [0.05, 0.1) is 6.10 Å². The van der Waals surface area contributed by atoms with Crippen molar-refractivity contribution in [2.45, 2.75) is 31.8 Å². The van der Waals surface area contributed by atoms with Crippen LogP contribution in [0, 0.1) is 5.92 Å². The van der Waals surface area contributed by atoms with Crippen LogP contribution < -0.4 is 0 Å². The highest BCUT2D eigenvalue weighted by atomic mass is 79.9. The Balaban J connectivity index is 1.99. The van der Waals surface area contributed by atoms with Gasteiger partial charge < -0.3 is 5.11 Å². The highest BCUT2D eigenvalue weighted by Gasteiger charge is 2.25. The zero-order valence-electron chi connectivity index (χ0n) is 10.3. The van der Waals surface area contributed by atoms with Crippen molar-refractivity contribution < 1.29 is 5.11 Å². The second-order valence-electron chi connectivity index (χ2n) is 5.21. The van der Waals surface area contributed by atoms with Gasteiger partial charge in [-0.15, -0.1) is 0 Å². The number of halogens is 1. The van der Waals surface area contributed by atoms with Crippen LogP contribution in [0.15, 0.2) is 40.9 Å². The highest BCUT2D eigenvalue weighted by Crippen LogP contribution is 2.33. The SMILES string of the molecule is OC1CCCC1Cc1ccc(Br)c2ccccc12. The van der Waals surface area contributed by atoms with Gasteiger partial charge >= 0.3 is 0 Å². The predicted molar refractivity (Wildman–Crippen MR) is 78.7 cm³/mol. The summed E-state index contributed by atoms with van der Waals surface area (Å²) in [5.74, 6) is 0.439. The Morgan fingerprint density at radius 2 is 1.83 bits per heavy atom. The third-order valence-corrected chi connectivity index (χ3v) is 4.75. The van der Waals surface area contributed by atoms with Gasteiger partial charge in [-0.05, 0) is 47.6 Å². The van der Waals surface area contributed by atoms with Crippen molar-refractivity contribution >= 4 is 26.7 Å². The molecule has 0 heterocycles. The molecule has 3 rings (SSSR count). The zero-order valence-corrected chi connectivity index (χ0v) is 11.9. The average Bonchev–Trinajstić information content (AvgIpc) is 2.79. The molecular formula is C16H17BrO. The lowest BCUT2D eigenvalue weighted by Crippen LogP contribution is -2.15. The molecule has 2 atom stereocenters. The molecule has 0 amide bonds. The minimum atomic E-state index is -0.104. The van der Waals surface area contributed by atoms with Crippen LogP contribution in [-0.2, 0) is 6.42 Å². The van der Waals surface area contributed by atoms with E-state index in [1.54, 1.807) is 0 Å². The molecule has 1 aliphatic carbocycles. The molecule has 1 nitrogen and oxygen atoms in total. The lowest BCUT2D eigenvalue weighted by atomic mass is 9.93. The maximum absolute atomic E-state index is 9.97. The van der Waals surface area contributed by atoms with Gasteiger partial charge in [0.25, 0.3) is 0 Å². The van der Waals surface area contributed by atoms with Crippen LogP contribution in [0.4, 0.5) is 0 Å². The van der Waals surface area contributed by atoms with E-state index in [1.807, 2.05) is 0 Å². The summed E-state index contributed by atoms with van der Waals surface area (Å²) in [5, 5.41) is 12.5. The monoisotopic (exact) mass is 304 g/mol. The van der Waals surface area contributed by atoms with E-state index in [9.17, 15) is 5.11 Å². The van der Waals surface area contributed by atoms with E-state index in [0.717, 1.165) is 23.7 Å². The first-order valence-corrected chi connectivity index (χ1v) is 7.39. The average molecular weight is 305 g/mol. The first kappa shape index (κ1) is 12.2. The van der Waals surface area contributed by atoms with Crippen molar-refractivity contribution in [1.29, 1.82) is 0 Å². The highest BCUT2D eigenvalue weighted by molar-refractivity contribution is 9.10. The lowest BCUT2D eigenvalue weighted by molar-refractivity contribution is 0.133. The molecule has 1 saturated carbocycles. The van der Waals surface area contributed by atoms with Gasteiger partial charge in [0.2, 0.25) is 0 Å². The second kappa shape index (κ2) is 5.02. The van der Waals surface area contributed by atoms with E-state index in [4.69, 9.17) is 0 Å². The predicted octanol–water partition coefficient (Wildman–Crippen LogP) is 4.31. The Bertz CT molecular complexity index is 564. The molecule has 94 valence electrons. The van der Waals surface area contributed by atoms with E-state index < -0.39 is 0 Å². The first-order chi connectivity index (χ1) is 8.75. The van der Waals surface area contributed by atoms with Crippen LogP contribution in [0.5, 0.6) is 0 Å². The summed E-state index contributed by atoms with van der Waals surface area (Å²) in [4.78, 5) is 0. The van der Waals surface area contributed by atoms with E-state index in [-0.39, 0.29) is 6.10 Å². The summed E-state index contributed by atoms with van der Waals surface area (Å²) < 4.78 is 1.15. The molecule has 2 unspecified atom stereocenters. The Morgan fingerprint density at radius 1 is 1.06 bits per heavy atom. The van der Waals surface area contributed by atoms with E-state index in [0.29, 0.717) is 5.92 Å². The van der Waals surface area contributed by atoms with Crippen LogP contribution in [0.3, 0.4) is 0 Å². The lowest BCUT2D eigenvalue weighted by Gasteiger charge is -2.16. The van der Waals surface area contributed by atoms with E-state index >= 15 is 0 Å². The van der Waals surface area contributed by atoms with Gasteiger partial charge in [-0.2, -0.15) is 0 Å². The van der Waals surface area contributed by atoms with Crippen molar-refractivity contribution in [3.8, 4) is 0 Å². The van der Waals surface area contributed by atoms with Crippen LogP contribution in [-0.4, -0.2) is 11.2 Å². The molecule has 0 saturated heterocycles. The summed E-state index contributed by atoms with van der Waals surface area (Å²) in [6.45, 7) is 0. The Kier molecular flexibility index (Phi) is 3.40. The molecule has 0 spiro atoms. The number of aliphatic hydroxyl groups is 1. The van der Waals surface area contributed by atoms with E-state index in [1.165, 1.54) is 22.8 Å². The number of benzene rings is 2. The molecule has 2 heteroatoms. The fraction of sp³-hybridized carbons (Fsp3) is 0.375. The van der Waals surface area contributed by atoms with Gasteiger partial charge in [-0.3, -0.25) is 0 Å². The van der Waals surface area contributed by atoms with Crippen molar-refractivity contribution in [2.24, 2.45) is 5.92 Å². The molecule has 0 aromatic heterocycles. The number of fused-ring (bicyclic) bond motifs is 1. The standard InChI is InChI=1S/C16H17BrO/c17-15-9-8-11(10-12-4-3-7-16(12)18)13-5-1-2-6-14(13)15/h1-2,5-6,8-9,12,16,18H,3-4,7,10H2. The van der Waals surface area contributed by atoms with Crippen molar-refractivity contribution in [3.63, 3.8) is 0 Å². The van der Waals surface area contributed by atoms with Gasteiger partial charge in [-0.25, -0.2) is 0 Å². The number of hydrogen-bond acceptors (Lipinski definition) is 1. The van der Waals surface area contributed by atoms with Gasteiger partial charge in [-0.1, -0.05) is 52.7 Å². The molecule has 1 N–H and O–H groups in total. The molecule has 0 radical (unpaired) electrons. The first-order valence-electron chi connectivity index (χ1n) is 6.60. The Labute approximate surface area is 116 Å². The second-order valence-corrected chi connectivity index (χ2v) is 6.07. The summed E-state index contributed by atoms with van der Waals surface area (Å²) in [6, 6.07) is 12.8. The molecule has 1 fully saturated rings. The smallest absolute Gasteiger partial charge is 0.0571 e. The third kappa shape index (κ3) is 2.19. The molecule has 0 bridgehead atoms. The molecule has 2 aromatic rings. The molecule has 1 aliphatic rings. The van der Waals surface area contributed by atoms with Crippen LogP contribution >= 0.6 is 15.9 Å². The van der Waals surface area contributed by atoms with Crippen molar-refractivity contribution in [1.82, 2.24) is 0 Å². The minimum absolute atomic E-state index is 0.104. The normalized spacial score (nSPS) is 23.7. The van der Waals surface area contributed by atoms with Crippen LogP contribution in [0.25, 0.3) is 10.8 Å². The molecule has 18 heavy (non-hydrogen) atoms.